The van der Waals surface area contributed by atoms with Gasteiger partial charge >= 0.3 is 0 Å². The van der Waals surface area contributed by atoms with E-state index in [1.807, 2.05) is 0 Å². The topological polar surface area (TPSA) is 125 Å². The van der Waals surface area contributed by atoms with Gasteiger partial charge in [0, 0.05) is 5.56 Å². The molecule has 8 heteroatoms. The first kappa shape index (κ1) is 16.1. The van der Waals surface area contributed by atoms with Crippen molar-refractivity contribution in [2.45, 2.75) is 30.7 Å². The molecule has 1 heterocycles. The Morgan fingerprint density at radius 2 is 1.76 bits per heavy atom. The number of thiocarbonyl (C=S) groups is 1. The minimum Gasteiger partial charge on any atom is -0.462 e. The molecule has 1 aromatic rings. The summed E-state index contributed by atoms with van der Waals surface area (Å²) in [5, 5.41) is 38.2. The molecule has 1 fully saturated rings. The SMILES string of the molecule is NC(=S)c1ccc(O[C@H]2O[C@H](CO)[C@@H](O)[C@H](O)[C@@H]2O)cc1. The van der Waals surface area contributed by atoms with Gasteiger partial charge in [0.25, 0.3) is 0 Å². The van der Waals surface area contributed by atoms with Crippen molar-refractivity contribution >= 4 is 17.2 Å². The van der Waals surface area contributed by atoms with Crippen molar-refractivity contribution in [3.63, 3.8) is 0 Å². The van der Waals surface area contributed by atoms with E-state index in [4.69, 9.17) is 32.5 Å². The van der Waals surface area contributed by atoms with Gasteiger partial charge in [-0.15, -0.1) is 0 Å². The average molecular weight is 315 g/mol. The molecule has 5 atom stereocenters. The normalized spacial score (nSPS) is 32.7. The van der Waals surface area contributed by atoms with Crippen molar-refractivity contribution in [2.24, 2.45) is 5.73 Å². The average Bonchev–Trinajstić information content (AvgIpc) is 2.48. The maximum atomic E-state index is 9.84. The molecule has 2 rings (SSSR count). The molecule has 1 aromatic carbocycles. The molecule has 1 saturated heterocycles. The fourth-order valence-corrected chi connectivity index (χ4v) is 2.13. The Labute approximate surface area is 126 Å². The fourth-order valence-electron chi connectivity index (χ4n) is 2.00. The third-order valence-electron chi connectivity index (χ3n) is 3.24. The largest absolute Gasteiger partial charge is 0.462 e. The Bertz CT molecular complexity index is 494. The predicted octanol–water partition coefficient (Wildman–Crippen LogP) is -1.50. The molecule has 1 aliphatic heterocycles. The van der Waals surface area contributed by atoms with Crippen LogP contribution in [0.5, 0.6) is 5.75 Å². The lowest BCUT2D eigenvalue weighted by molar-refractivity contribution is -0.277. The summed E-state index contributed by atoms with van der Waals surface area (Å²) in [7, 11) is 0. The van der Waals surface area contributed by atoms with Gasteiger partial charge in [0.1, 0.15) is 35.2 Å². The number of hydrogen-bond acceptors (Lipinski definition) is 7. The molecule has 0 unspecified atom stereocenters. The molecule has 0 radical (unpaired) electrons. The number of hydrogen-bond donors (Lipinski definition) is 5. The van der Waals surface area contributed by atoms with Gasteiger partial charge in [0.15, 0.2) is 0 Å². The number of aliphatic hydroxyl groups is 4. The highest BCUT2D eigenvalue weighted by atomic mass is 32.1. The van der Waals surface area contributed by atoms with Gasteiger partial charge in [-0.25, -0.2) is 0 Å². The Balaban J connectivity index is 2.08. The summed E-state index contributed by atoms with van der Waals surface area (Å²) in [5.41, 5.74) is 6.14. The second-order valence-corrected chi connectivity index (χ2v) is 5.14. The van der Waals surface area contributed by atoms with E-state index in [9.17, 15) is 15.3 Å². The monoisotopic (exact) mass is 315 g/mol. The maximum Gasteiger partial charge on any atom is 0.229 e. The molecule has 0 bridgehead atoms. The van der Waals surface area contributed by atoms with Crippen molar-refractivity contribution < 1.29 is 29.9 Å². The first-order chi connectivity index (χ1) is 9.93. The Hall–Kier alpha value is -1.29. The molecule has 7 nitrogen and oxygen atoms in total. The van der Waals surface area contributed by atoms with Crippen LogP contribution in [0, 0.1) is 0 Å². The summed E-state index contributed by atoms with van der Waals surface area (Å²) in [6.07, 6.45) is -6.56. The second-order valence-electron chi connectivity index (χ2n) is 4.70. The van der Waals surface area contributed by atoms with Gasteiger partial charge < -0.3 is 35.6 Å². The Morgan fingerprint density at radius 3 is 2.29 bits per heavy atom. The van der Waals surface area contributed by atoms with E-state index in [0.717, 1.165) is 0 Å². The fraction of sp³-hybridized carbons (Fsp3) is 0.462. The van der Waals surface area contributed by atoms with Gasteiger partial charge in [0.2, 0.25) is 6.29 Å². The van der Waals surface area contributed by atoms with Crippen LogP contribution in [0.3, 0.4) is 0 Å². The smallest absolute Gasteiger partial charge is 0.229 e. The van der Waals surface area contributed by atoms with Crippen molar-refractivity contribution in [3.8, 4) is 5.75 Å². The van der Waals surface area contributed by atoms with Crippen LogP contribution in [0.4, 0.5) is 0 Å². The quantitative estimate of drug-likeness (QED) is 0.425. The van der Waals surface area contributed by atoms with Gasteiger partial charge in [-0.2, -0.15) is 0 Å². The van der Waals surface area contributed by atoms with E-state index in [1.54, 1.807) is 24.3 Å². The van der Waals surface area contributed by atoms with E-state index in [1.165, 1.54) is 0 Å². The van der Waals surface area contributed by atoms with E-state index >= 15 is 0 Å². The highest BCUT2D eigenvalue weighted by Crippen LogP contribution is 2.24. The summed E-state index contributed by atoms with van der Waals surface area (Å²) in [6, 6.07) is 6.44. The van der Waals surface area contributed by atoms with Gasteiger partial charge in [0.05, 0.1) is 6.61 Å². The lowest BCUT2D eigenvalue weighted by Crippen LogP contribution is -2.60. The highest BCUT2D eigenvalue weighted by molar-refractivity contribution is 7.80. The van der Waals surface area contributed by atoms with Gasteiger partial charge in [-0.1, -0.05) is 12.2 Å². The lowest BCUT2D eigenvalue weighted by Gasteiger charge is -2.39. The molecule has 0 amide bonds. The van der Waals surface area contributed by atoms with Crippen LogP contribution in [0.2, 0.25) is 0 Å². The van der Waals surface area contributed by atoms with Gasteiger partial charge in [-0.3, -0.25) is 0 Å². The standard InChI is InChI=1S/C13H17NO6S/c14-12(21)6-1-3-7(4-2-6)19-13-11(18)10(17)9(16)8(5-15)20-13/h1-4,8-11,13,15-18H,5H2,(H2,14,21)/t8-,9-,10+,11+,13+/m1/s1. The van der Waals surface area contributed by atoms with Crippen LogP contribution in [-0.2, 0) is 4.74 Å². The number of benzene rings is 1. The summed E-state index contributed by atoms with van der Waals surface area (Å²) >= 11 is 4.83. The zero-order valence-electron chi connectivity index (χ0n) is 11.0. The molecule has 6 N–H and O–H groups in total. The first-order valence-electron chi connectivity index (χ1n) is 6.31. The van der Waals surface area contributed by atoms with Crippen LogP contribution in [0.1, 0.15) is 5.56 Å². The lowest BCUT2D eigenvalue weighted by atomic mass is 9.99. The van der Waals surface area contributed by atoms with Crippen molar-refractivity contribution in [3.05, 3.63) is 29.8 Å². The third-order valence-corrected chi connectivity index (χ3v) is 3.48. The molecular weight excluding hydrogens is 298 g/mol. The Kier molecular flexibility index (Phi) is 5.09. The summed E-state index contributed by atoms with van der Waals surface area (Å²) in [4.78, 5) is 0.245. The van der Waals surface area contributed by atoms with Gasteiger partial charge in [-0.05, 0) is 24.3 Å². The highest BCUT2D eigenvalue weighted by Gasteiger charge is 2.44. The molecule has 1 aliphatic rings. The van der Waals surface area contributed by atoms with Crippen LogP contribution in [0.15, 0.2) is 24.3 Å². The maximum absolute atomic E-state index is 9.84. The van der Waals surface area contributed by atoms with E-state index in [-0.39, 0.29) is 4.99 Å². The number of aliphatic hydroxyl groups excluding tert-OH is 4. The molecule has 0 aliphatic carbocycles. The molecule has 21 heavy (non-hydrogen) atoms. The van der Waals surface area contributed by atoms with E-state index in [0.29, 0.717) is 11.3 Å². The van der Waals surface area contributed by atoms with E-state index < -0.39 is 37.3 Å². The second kappa shape index (κ2) is 6.65. The Morgan fingerprint density at radius 1 is 1.14 bits per heavy atom. The van der Waals surface area contributed by atoms with Crippen LogP contribution < -0.4 is 10.5 Å². The number of ether oxygens (including phenoxy) is 2. The molecule has 0 spiro atoms. The van der Waals surface area contributed by atoms with Crippen LogP contribution >= 0.6 is 12.2 Å². The predicted molar refractivity (Wildman–Crippen MR) is 76.7 cm³/mol. The number of nitrogens with two attached hydrogens (primary N) is 1. The summed E-state index contributed by atoms with van der Waals surface area (Å²) < 4.78 is 10.6. The van der Waals surface area contributed by atoms with Crippen LogP contribution in [-0.4, -0.2) is 62.7 Å². The number of rotatable bonds is 4. The minimum absolute atomic E-state index is 0.245. The van der Waals surface area contributed by atoms with Crippen LogP contribution in [0.25, 0.3) is 0 Å². The van der Waals surface area contributed by atoms with E-state index in [2.05, 4.69) is 0 Å². The zero-order chi connectivity index (χ0) is 15.6. The molecular formula is C13H17NO6S. The summed E-state index contributed by atoms with van der Waals surface area (Å²) in [5.74, 6) is 0.360. The minimum atomic E-state index is -1.48. The van der Waals surface area contributed by atoms with Crippen molar-refractivity contribution in [1.82, 2.24) is 0 Å². The zero-order valence-corrected chi connectivity index (χ0v) is 11.8. The molecule has 0 saturated carbocycles. The first-order valence-corrected chi connectivity index (χ1v) is 6.72. The molecule has 116 valence electrons. The summed E-state index contributed by atoms with van der Waals surface area (Å²) in [6.45, 7) is -0.509. The molecule has 0 aromatic heterocycles. The third kappa shape index (κ3) is 3.49. The van der Waals surface area contributed by atoms with Crippen molar-refractivity contribution in [2.75, 3.05) is 6.61 Å². The van der Waals surface area contributed by atoms with Crippen molar-refractivity contribution in [1.29, 1.82) is 0 Å².